The minimum Gasteiger partial charge on any atom is -0.357 e. The van der Waals surface area contributed by atoms with Crippen molar-refractivity contribution in [1.29, 1.82) is 0 Å². The molecule has 11 heteroatoms. The van der Waals surface area contributed by atoms with Gasteiger partial charge in [-0.2, -0.15) is 13.2 Å². The van der Waals surface area contributed by atoms with Crippen molar-refractivity contribution in [2.75, 3.05) is 27.2 Å². The first kappa shape index (κ1) is 21.9. The van der Waals surface area contributed by atoms with E-state index in [9.17, 15) is 18.0 Å². The molecule has 2 N–H and O–H groups in total. The van der Waals surface area contributed by atoms with Gasteiger partial charge in [0, 0.05) is 26.0 Å². The van der Waals surface area contributed by atoms with Crippen molar-refractivity contribution in [3.8, 4) is 0 Å². The number of halogens is 4. The molecule has 0 saturated carbocycles. The van der Waals surface area contributed by atoms with Crippen molar-refractivity contribution in [3.05, 3.63) is 16.1 Å². The van der Waals surface area contributed by atoms with Crippen molar-refractivity contribution in [1.82, 2.24) is 20.5 Å². The van der Waals surface area contributed by atoms with E-state index in [1.165, 1.54) is 4.90 Å². The molecule has 1 amide bonds. The number of amides is 1. The lowest BCUT2D eigenvalue weighted by atomic mass is 10.5. The number of aliphatic imine (C=N–C) groups is 1. The van der Waals surface area contributed by atoms with Gasteiger partial charge in [-0.25, -0.2) is 9.98 Å². The van der Waals surface area contributed by atoms with Crippen LogP contribution in [-0.2, 0) is 17.5 Å². The van der Waals surface area contributed by atoms with Crippen molar-refractivity contribution >= 4 is 47.2 Å². The number of carbonyl (C=O) groups excluding carboxylic acids is 1. The molecule has 6 nitrogen and oxygen atoms in total. The van der Waals surface area contributed by atoms with Crippen LogP contribution in [0.5, 0.6) is 0 Å². The minimum absolute atomic E-state index is 0. The van der Waals surface area contributed by atoms with Gasteiger partial charge in [0.1, 0.15) is 11.6 Å². The molecule has 0 radical (unpaired) electrons. The van der Waals surface area contributed by atoms with Crippen molar-refractivity contribution in [2.24, 2.45) is 4.99 Å². The Hall–Kier alpha value is -1.11. The lowest BCUT2D eigenvalue weighted by molar-refractivity contribution is -0.140. The van der Waals surface area contributed by atoms with Crippen LogP contribution in [-0.4, -0.2) is 48.9 Å². The van der Waals surface area contributed by atoms with Crippen molar-refractivity contribution < 1.29 is 18.0 Å². The average molecular weight is 465 g/mol. The summed E-state index contributed by atoms with van der Waals surface area (Å²) in [5.74, 6) is 0.173. The van der Waals surface area contributed by atoms with Crippen molar-refractivity contribution in [2.45, 2.75) is 19.6 Å². The van der Waals surface area contributed by atoms with Gasteiger partial charge in [-0.15, -0.1) is 35.3 Å². The molecule has 1 heterocycles. The van der Waals surface area contributed by atoms with E-state index in [0.717, 1.165) is 16.7 Å². The number of hydrogen-bond acceptors (Lipinski definition) is 4. The molecular weight excluding hydrogens is 446 g/mol. The van der Waals surface area contributed by atoms with Crippen LogP contribution in [0.2, 0.25) is 0 Å². The van der Waals surface area contributed by atoms with Crippen LogP contribution in [0.4, 0.5) is 13.2 Å². The summed E-state index contributed by atoms with van der Waals surface area (Å²) in [7, 11) is 3.23. The van der Waals surface area contributed by atoms with E-state index in [-0.39, 0.29) is 48.0 Å². The predicted octanol–water partition coefficient (Wildman–Crippen LogP) is 1.92. The molecule has 132 valence electrons. The highest BCUT2D eigenvalue weighted by molar-refractivity contribution is 14.0. The number of carbonyl (C=O) groups is 1. The van der Waals surface area contributed by atoms with Gasteiger partial charge in [0.2, 0.25) is 5.91 Å². The average Bonchev–Trinajstić information content (AvgIpc) is 2.90. The van der Waals surface area contributed by atoms with Gasteiger partial charge >= 0.3 is 6.18 Å². The van der Waals surface area contributed by atoms with Crippen LogP contribution >= 0.6 is 35.3 Å². The summed E-state index contributed by atoms with van der Waals surface area (Å²) in [6.45, 7) is 2.46. The Morgan fingerprint density at radius 1 is 1.39 bits per heavy atom. The van der Waals surface area contributed by atoms with Crippen LogP contribution < -0.4 is 10.6 Å². The Morgan fingerprint density at radius 3 is 2.52 bits per heavy atom. The number of guanidine groups is 1. The van der Waals surface area contributed by atoms with Gasteiger partial charge in [0.25, 0.3) is 0 Å². The lowest BCUT2D eigenvalue weighted by Crippen LogP contribution is -2.38. The number of hydrogen-bond donors (Lipinski definition) is 2. The minimum atomic E-state index is -4.44. The normalized spacial score (nSPS) is 11.7. The summed E-state index contributed by atoms with van der Waals surface area (Å²) in [4.78, 5) is 20.4. The third kappa shape index (κ3) is 7.81. The monoisotopic (exact) mass is 465 g/mol. The van der Waals surface area contributed by atoms with Gasteiger partial charge in [-0.3, -0.25) is 4.79 Å². The van der Waals surface area contributed by atoms with Gasteiger partial charge in [-0.05, 0) is 6.92 Å². The summed E-state index contributed by atoms with van der Waals surface area (Å²) in [5, 5.41) is 7.01. The Bertz CT molecular complexity index is 533. The largest absolute Gasteiger partial charge is 0.434 e. The molecule has 0 bridgehead atoms. The van der Waals surface area contributed by atoms with E-state index in [4.69, 9.17) is 0 Å². The molecule has 0 spiro atoms. The van der Waals surface area contributed by atoms with E-state index < -0.39 is 11.9 Å². The predicted molar refractivity (Wildman–Crippen MR) is 94.0 cm³/mol. The number of thiazole rings is 1. The van der Waals surface area contributed by atoms with E-state index in [2.05, 4.69) is 20.6 Å². The Morgan fingerprint density at radius 2 is 2.04 bits per heavy atom. The third-order valence-corrected chi connectivity index (χ3v) is 3.31. The molecule has 1 aromatic rings. The summed E-state index contributed by atoms with van der Waals surface area (Å²) in [5.41, 5.74) is -0.904. The number of alkyl halides is 3. The second kappa shape index (κ2) is 9.90. The molecule has 0 aromatic carbocycles. The van der Waals surface area contributed by atoms with Crippen molar-refractivity contribution in [3.63, 3.8) is 0 Å². The number of likely N-dealkylation sites (N-methyl/N-ethyl adjacent to an activating group) is 1. The van der Waals surface area contributed by atoms with Crippen LogP contribution in [0.3, 0.4) is 0 Å². The molecule has 23 heavy (non-hydrogen) atoms. The molecule has 0 aliphatic carbocycles. The third-order valence-electron chi connectivity index (χ3n) is 2.46. The van der Waals surface area contributed by atoms with E-state index >= 15 is 0 Å². The SMILES string of the molecule is CCNC(=NCC(=O)N(C)C)NCc1nc(C(F)(F)F)cs1.I. The first-order chi connectivity index (χ1) is 10.2. The molecule has 1 aromatic heterocycles. The van der Waals surface area contributed by atoms with Crippen LogP contribution in [0.25, 0.3) is 0 Å². The van der Waals surface area contributed by atoms with Gasteiger partial charge in [0.15, 0.2) is 11.7 Å². The number of aromatic nitrogens is 1. The van der Waals surface area contributed by atoms with Crippen LogP contribution in [0.1, 0.15) is 17.6 Å². The second-order valence-electron chi connectivity index (χ2n) is 4.46. The van der Waals surface area contributed by atoms with Gasteiger partial charge in [-0.1, -0.05) is 0 Å². The summed E-state index contributed by atoms with van der Waals surface area (Å²) in [6, 6.07) is 0. The molecular formula is C12H19F3IN5OS. The molecule has 1 rings (SSSR count). The molecule has 0 atom stereocenters. The van der Waals surface area contributed by atoms with E-state index in [1.54, 1.807) is 14.1 Å². The maximum Gasteiger partial charge on any atom is 0.434 e. The van der Waals surface area contributed by atoms with Gasteiger partial charge in [0.05, 0.1) is 6.54 Å². The molecule has 0 fully saturated rings. The Balaban J connectivity index is 0.00000484. The standard InChI is InChI=1S/C12H18F3N5OS.HI/c1-4-16-11(18-6-10(21)20(2)3)17-5-9-19-8(7-22-9)12(13,14)15;/h7H,4-6H2,1-3H3,(H2,16,17,18);1H. The van der Waals surface area contributed by atoms with E-state index in [0.29, 0.717) is 12.5 Å². The lowest BCUT2D eigenvalue weighted by Gasteiger charge is -2.11. The zero-order chi connectivity index (χ0) is 16.8. The fourth-order valence-electron chi connectivity index (χ4n) is 1.31. The summed E-state index contributed by atoms with van der Waals surface area (Å²) in [6.07, 6.45) is -4.44. The molecule has 0 unspecified atom stereocenters. The van der Waals surface area contributed by atoms with Crippen LogP contribution in [0.15, 0.2) is 10.4 Å². The zero-order valence-corrected chi connectivity index (χ0v) is 16.0. The highest BCUT2D eigenvalue weighted by Gasteiger charge is 2.33. The maximum absolute atomic E-state index is 12.5. The molecule has 0 saturated heterocycles. The topological polar surface area (TPSA) is 69.6 Å². The Labute approximate surface area is 153 Å². The summed E-state index contributed by atoms with van der Waals surface area (Å²) >= 11 is 0.914. The first-order valence-corrected chi connectivity index (χ1v) is 7.36. The van der Waals surface area contributed by atoms with Crippen LogP contribution in [0, 0.1) is 0 Å². The summed E-state index contributed by atoms with van der Waals surface area (Å²) < 4.78 is 37.4. The molecule has 0 aliphatic heterocycles. The maximum atomic E-state index is 12.5. The fourth-order valence-corrected chi connectivity index (χ4v) is 2.05. The number of rotatable bonds is 5. The van der Waals surface area contributed by atoms with E-state index in [1.807, 2.05) is 6.92 Å². The number of nitrogens with one attached hydrogen (secondary N) is 2. The van der Waals surface area contributed by atoms with Gasteiger partial charge < -0.3 is 15.5 Å². The fraction of sp³-hybridized carbons (Fsp3) is 0.583. The quantitative estimate of drug-likeness (QED) is 0.396. The Kier molecular flexibility index (Phi) is 9.42. The smallest absolute Gasteiger partial charge is 0.357 e. The highest BCUT2D eigenvalue weighted by Crippen LogP contribution is 2.29. The first-order valence-electron chi connectivity index (χ1n) is 6.48. The number of nitrogens with zero attached hydrogens (tertiary/aromatic N) is 3. The highest BCUT2D eigenvalue weighted by atomic mass is 127. The molecule has 0 aliphatic rings. The zero-order valence-electron chi connectivity index (χ0n) is 12.9. The second-order valence-corrected chi connectivity index (χ2v) is 5.40.